The zero-order valence-electron chi connectivity index (χ0n) is 8.47. The van der Waals surface area contributed by atoms with Gasteiger partial charge in [-0.2, -0.15) is 0 Å². The molecule has 3 N–H and O–H groups in total. The SMILES string of the molecule is C=C(C)C(NN)c1cccc(C)c1F. The van der Waals surface area contributed by atoms with E-state index in [4.69, 9.17) is 5.84 Å². The molecule has 3 heteroatoms. The fourth-order valence-corrected chi connectivity index (χ4v) is 1.39. The molecule has 0 aliphatic rings. The summed E-state index contributed by atoms with van der Waals surface area (Å²) in [6, 6.07) is 4.92. The number of hydrogen-bond acceptors (Lipinski definition) is 2. The number of aryl methyl sites for hydroxylation is 1. The lowest BCUT2D eigenvalue weighted by atomic mass is 9.99. The van der Waals surface area contributed by atoms with Gasteiger partial charge in [0.05, 0.1) is 6.04 Å². The van der Waals surface area contributed by atoms with Crippen molar-refractivity contribution in [3.05, 3.63) is 47.3 Å². The second-order valence-electron chi connectivity index (χ2n) is 3.42. The number of hydrogen-bond donors (Lipinski definition) is 2. The predicted molar refractivity (Wildman–Crippen MR) is 56.0 cm³/mol. The average Bonchev–Trinajstić information content (AvgIpc) is 2.13. The Kier molecular flexibility index (Phi) is 3.38. The first kappa shape index (κ1) is 10.9. The zero-order valence-corrected chi connectivity index (χ0v) is 8.47. The molecule has 0 saturated carbocycles. The van der Waals surface area contributed by atoms with Gasteiger partial charge in [-0.1, -0.05) is 30.4 Å². The van der Waals surface area contributed by atoms with E-state index in [0.29, 0.717) is 11.1 Å². The van der Waals surface area contributed by atoms with Gasteiger partial charge < -0.3 is 0 Å². The number of nitrogens with one attached hydrogen (secondary N) is 1. The van der Waals surface area contributed by atoms with Crippen LogP contribution in [0.1, 0.15) is 24.1 Å². The van der Waals surface area contributed by atoms with Gasteiger partial charge in [-0.05, 0) is 19.4 Å². The van der Waals surface area contributed by atoms with E-state index in [0.717, 1.165) is 5.57 Å². The highest BCUT2D eigenvalue weighted by Gasteiger charge is 2.15. The largest absolute Gasteiger partial charge is 0.271 e. The third kappa shape index (κ3) is 2.00. The smallest absolute Gasteiger partial charge is 0.131 e. The van der Waals surface area contributed by atoms with Gasteiger partial charge in [-0.3, -0.25) is 5.84 Å². The third-order valence-corrected chi connectivity index (χ3v) is 2.19. The van der Waals surface area contributed by atoms with E-state index in [9.17, 15) is 4.39 Å². The first-order chi connectivity index (χ1) is 6.57. The van der Waals surface area contributed by atoms with Crippen LogP contribution in [0.15, 0.2) is 30.4 Å². The Bertz CT molecular complexity index is 347. The van der Waals surface area contributed by atoms with Crippen LogP contribution in [0, 0.1) is 12.7 Å². The van der Waals surface area contributed by atoms with Crippen molar-refractivity contribution in [3.63, 3.8) is 0 Å². The van der Waals surface area contributed by atoms with Crippen molar-refractivity contribution in [2.75, 3.05) is 0 Å². The van der Waals surface area contributed by atoms with Crippen LogP contribution in [0.25, 0.3) is 0 Å². The lowest BCUT2D eigenvalue weighted by Crippen LogP contribution is -2.29. The second kappa shape index (κ2) is 4.35. The first-order valence-corrected chi connectivity index (χ1v) is 4.44. The summed E-state index contributed by atoms with van der Waals surface area (Å²) in [4.78, 5) is 0. The van der Waals surface area contributed by atoms with Crippen LogP contribution in [-0.4, -0.2) is 0 Å². The van der Waals surface area contributed by atoms with Gasteiger partial charge in [0.25, 0.3) is 0 Å². The molecule has 76 valence electrons. The van der Waals surface area contributed by atoms with Gasteiger partial charge in [-0.25, -0.2) is 9.82 Å². The van der Waals surface area contributed by atoms with Crippen LogP contribution in [0.5, 0.6) is 0 Å². The summed E-state index contributed by atoms with van der Waals surface area (Å²) >= 11 is 0. The highest BCUT2D eigenvalue weighted by atomic mass is 19.1. The monoisotopic (exact) mass is 194 g/mol. The van der Waals surface area contributed by atoms with Crippen molar-refractivity contribution < 1.29 is 4.39 Å². The van der Waals surface area contributed by atoms with Crippen LogP contribution in [-0.2, 0) is 0 Å². The van der Waals surface area contributed by atoms with E-state index in [2.05, 4.69) is 12.0 Å². The van der Waals surface area contributed by atoms with Crippen LogP contribution in [0.4, 0.5) is 4.39 Å². The van der Waals surface area contributed by atoms with E-state index in [1.807, 2.05) is 6.92 Å². The minimum atomic E-state index is -0.324. The summed E-state index contributed by atoms with van der Waals surface area (Å²) in [6.07, 6.45) is 0. The van der Waals surface area contributed by atoms with Crippen LogP contribution in [0.2, 0.25) is 0 Å². The molecule has 0 fully saturated rings. The second-order valence-corrected chi connectivity index (χ2v) is 3.42. The number of hydrazine groups is 1. The molecule has 14 heavy (non-hydrogen) atoms. The zero-order chi connectivity index (χ0) is 10.7. The summed E-state index contributed by atoms with van der Waals surface area (Å²) in [5, 5.41) is 0. The molecule has 1 unspecified atom stereocenters. The Hall–Kier alpha value is -1.19. The topological polar surface area (TPSA) is 38.0 Å². The molecule has 0 bridgehead atoms. The number of benzene rings is 1. The van der Waals surface area contributed by atoms with E-state index in [1.165, 1.54) is 0 Å². The van der Waals surface area contributed by atoms with E-state index < -0.39 is 0 Å². The summed E-state index contributed by atoms with van der Waals surface area (Å²) in [7, 11) is 0. The standard InChI is InChI=1S/C11H15FN2/c1-7(2)11(14-13)9-6-4-5-8(3)10(9)12/h4-6,11,14H,1,13H2,2-3H3. The van der Waals surface area contributed by atoms with E-state index in [1.54, 1.807) is 25.1 Å². The molecule has 0 amide bonds. The van der Waals surface area contributed by atoms with Crippen LogP contribution >= 0.6 is 0 Å². The summed E-state index contributed by atoms with van der Waals surface area (Å²) in [5.74, 6) is 5.12. The molecule has 0 aliphatic carbocycles. The van der Waals surface area contributed by atoms with Crippen molar-refractivity contribution in [2.24, 2.45) is 5.84 Å². The maximum absolute atomic E-state index is 13.7. The summed E-state index contributed by atoms with van der Waals surface area (Å²) in [6.45, 7) is 7.30. The van der Waals surface area contributed by atoms with Gasteiger partial charge in [-0.15, -0.1) is 0 Å². The predicted octanol–water partition coefficient (Wildman–Crippen LogP) is 2.21. The molecule has 0 saturated heterocycles. The van der Waals surface area contributed by atoms with Crippen LogP contribution < -0.4 is 11.3 Å². The van der Waals surface area contributed by atoms with Crippen molar-refractivity contribution in [1.82, 2.24) is 5.43 Å². The molecular weight excluding hydrogens is 179 g/mol. The minimum absolute atomic E-state index is 0.224. The Morgan fingerprint density at radius 1 is 1.57 bits per heavy atom. The number of nitrogens with two attached hydrogens (primary N) is 1. The van der Waals surface area contributed by atoms with Crippen molar-refractivity contribution >= 4 is 0 Å². The Morgan fingerprint density at radius 2 is 2.21 bits per heavy atom. The highest BCUT2D eigenvalue weighted by molar-refractivity contribution is 5.31. The average molecular weight is 194 g/mol. The molecule has 0 spiro atoms. The summed E-state index contributed by atoms with van der Waals surface area (Å²) < 4.78 is 13.7. The quantitative estimate of drug-likeness (QED) is 0.440. The van der Waals surface area contributed by atoms with Crippen molar-refractivity contribution in [2.45, 2.75) is 19.9 Å². The molecule has 1 atom stereocenters. The fourth-order valence-electron chi connectivity index (χ4n) is 1.39. The maximum atomic E-state index is 13.7. The molecule has 2 nitrogen and oxygen atoms in total. The highest BCUT2D eigenvalue weighted by Crippen LogP contribution is 2.23. The molecule has 0 aromatic heterocycles. The molecule has 1 aromatic carbocycles. The number of rotatable bonds is 3. The van der Waals surface area contributed by atoms with Crippen molar-refractivity contribution in [1.29, 1.82) is 0 Å². The van der Waals surface area contributed by atoms with Gasteiger partial charge in [0.2, 0.25) is 0 Å². The van der Waals surface area contributed by atoms with E-state index in [-0.39, 0.29) is 11.9 Å². The lowest BCUT2D eigenvalue weighted by molar-refractivity contribution is 0.550. The van der Waals surface area contributed by atoms with Gasteiger partial charge in [0, 0.05) is 5.56 Å². The van der Waals surface area contributed by atoms with E-state index >= 15 is 0 Å². The molecule has 0 heterocycles. The fraction of sp³-hybridized carbons (Fsp3) is 0.273. The van der Waals surface area contributed by atoms with Gasteiger partial charge >= 0.3 is 0 Å². The maximum Gasteiger partial charge on any atom is 0.131 e. The van der Waals surface area contributed by atoms with Crippen molar-refractivity contribution in [3.8, 4) is 0 Å². The molecule has 0 aliphatic heterocycles. The molecule has 0 radical (unpaired) electrons. The summed E-state index contributed by atoms with van der Waals surface area (Å²) in [5.41, 5.74) is 4.49. The molecule has 1 rings (SSSR count). The first-order valence-electron chi connectivity index (χ1n) is 4.44. The Balaban J connectivity index is 3.16. The lowest BCUT2D eigenvalue weighted by Gasteiger charge is -2.17. The normalized spacial score (nSPS) is 12.6. The molecular formula is C11H15FN2. The Labute approximate surface area is 83.6 Å². The third-order valence-electron chi connectivity index (χ3n) is 2.19. The number of halogens is 1. The molecule has 1 aromatic rings. The van der Waals surface area contributed by atoms with Crippen LogP contribution in [0.3, 0.4) is 0 Å². The van der Waals surface area contributed by atoms with Gasteiger partial charge in [0.15, 0.2) is 0 Å². The Morgan fingerprint density at radius 3 is 2.71 bits per heavy atom. The van der Waals surface area contributed by atoms with Gasteiger partial charge in [0.1, 0.15) is 5.82 Å². The minimum Gasteiger partial charge on any atom is -0.271 e.